The Labute approximate surface area is 117 Å². The molecule has 1 N–H and O–H groups in total. The predicted octanol–water partition coefficient (Wildman–Crippen LogP) is 3.32. The minimum Gasteiger partial charge on any atom is -0.487 e. The third-order valence-electron chi connectivity index (χ3n) is 3.51. The zero-order chi connectivity index (χ0) is 13.1. The maximum atomic E-state index is 5.79. The highest BCUT2D eigenvalue weighted by atomic mass is 32.1. The molecule has 4 heteroatoms. The number of aryl methyl sites for hydroxylation is 1. The molecule has 1 aliphatic rings. The van der Waals surface area contributed by atoms with Crippen LogP contribution in [0.1, 0.15) is 36.2 Å². The molecule has 0 amide bonds. The van der Waals surface area contributed by atoms with Gasteiger partial charge < -0.3 is 10.1 Å². The third kappa shape index (κ3) is 2.80. The molecule has 0 saturated carbocycles. The van der Waals surface area contributed by atoms with Crippen LogP contribution in [0.3, 0.4) is 0 Å². The highest BCUT2D eigenvalue weighted by Gasteiger charge is 2.21. The van der Waals surface area contributed by atoms with Crippen LogP contribution in [0, 0.1) is 0 Å². The Morgan fingerprint density at radius 2 is 2.42 bits per heavy atom. The molecule has 0 fully saturated rings. The number of fused-ring (bicyclic) bond motifs is 1. The van der Waals surface area contributed by atoms with E-state index in [1.807, 2.05) is 10.9 Å². The SMILES string of the molecule is CCNC1CCc2cc(OCc3cscn3)ccc21. The molecule has 3 nitrogen and oxygen atoms in total. The summed E-state index contributed by atoms with van der Waals surface area (Å²) in [5.41, 5.74) is 5.68. The van der Waals surface area contributed by atoms with Gasteiger partial charge in [-0.15, -0.1) is 11.3 Å². The summed E-state index contributed by atoms with van der Waals surface area (Å²) in [6, 6.07) is 6.97. The van der Waals surface area contributed by atoms with Gasteiger partial charge in [0.2, 0.25) is 0 Å². The fraction of sp³-hybridized carbons (Fsp3) is 0.400. The van der Waals surface area contributed by atoms with Crippen molar-refractivity contribution in [1.82, 2.24) is 10.3 Å². The number of nitrogens with one attached hydrogen (secondary N) is 1. The molecule has 1 heterocycles. The van der Waals surface area contributed by atoms with Gasteiger partial charge in [0.05, 0.1) is 11.2 Å². The first kappa shape index (κ1) is 12.6. The van der Waals surface area contributed by atoms with Gasteiger partial charge in [0, 0.05) is 11.4 Å². The smallest absolute Gasteiger partial charge is 0.131 e. The quantitative estimate of drug-likeness (QED) is 0.908. The summed E-state index contributed by atoms with van der Waals surface area (Å²) < 4.78 is 5.79. The van der Waals surface area contributed by atoms with Crippen molar-refractivity contribution in [3.63, 3.8) is 0 Å². The van der Waals surface area contributed by atoms with E-state index in [0.717, 1.165) is 24.4 Å². The Morgan fingerprint density at radius 3 is 3.21 bits per heavy atom. The molecule has 2 aromatic rings. The summed E-state index contributed by atoms with van der Waals surface area (Å²) in [5, 5.41) is 5.55. The van der Waals surface area contributed by atoms with Gasteiger partial charge in [-0.2, -0.15) is 0 Å². The summed E-state index contributed by atoms with van der Waals surface area (Å²) in [5.74, 6) is 0.948. The number of rotatable bonds is 5. The molecule has 1 aromatic heterocycles. The number of benzene rings is 1. The number of hydrogen-bond donors (Lipinski definition) is 1. The molecular formula is C15H18N2OS. The van der Waals surface area contributed by atoms with Gasteiger partial charge in [-0.05, 0) is 42.6 Å². The number of ether oxygens (including phenoxy) is 1. The third-order valence-corrected chi connectivity index (χ3v) is 4.15. The van der Waals surface area contributed by atoms with E-state index in [1.54, 1.807) is 11.3 Å². The van der Waals surface area contributed by atoms with E-state index < -0.39 is 0 Å². The minimum absolute atomic E-state index is 0.521. The van der Waals surface area contributed by atoms with Crippen molar-refractivity contribution in [2.45, 2.75) is 32.4 Å². The molecule has 19 heavy (non-hydrogen) atoms. The highest BCUT2D eigenvalue weighted by molar-refractivity contribution is 7.07. The molecule has 0 radical (unpaired) electrons. The number of hydrogen-bond acceptors (Lipinski definition) is 4. The Hall–Kier alpha value is -1.39. The summed E-state index contributed by atoms with van der Waals surface area (Å²) in [6.07, 6.45) is 2.33. The monoisotopic (exact) mass is 274 g/mol. The first-order valence-electron chi connectivity index (χ1n) is 6.73. The second-order valence-electron chi connectivity index (χ2n) is 4.78. The zero-order valence-electron chi connectivity index (χ0n) is 11.1. The van der Waals surface area contributed by atoms with Crippen LogP contribution in [0.25, 0.3) is 0 Å². The average Bonchev–Trinajstić information content (AvgIpc) is 3.06. The molecule has 1 aliphatic carbocycles. The molecule has 1 atom stereocenters. The lowest BCUT2D eigenvalue weighted by molar-refractivity contribution is 0.302. The fourth-order valence-corrected chi connectivity index (χ4v) is 3.15. The molecule has 3 rings (SSSR count). The maximum Gasteiger partial charge on any atom is 0.131 e. The van der Waals surface area contributed by atoms with Gasteiger partial charge in [-0.3, -0.25) is 0 Å². The van der Waals surface area contributed by atoms with Gasteiger partial charge in [-0.1, -0.05) is 13.0 Å². The van der Waals surface area contributed by atoms with Crippen LogP contribution in [0.15, 0.2) is 29.1 Å². The van der Waals surface area contributed by atoms with E-state index in [-0.39, 0.29) is 0 Å². The molecule has 0 aliphatic heterocycles. The van der Waals surface area contributed by atoms with Crippen LogP contribution >= 0.6 is 11.3 Å². The fourth-order valence-electron chi connectivity index (χ4n) is 2.61. The van der Waals surface area contributed by atoms with Crippen molar-refractivity contribution in [2.24, 2.45) is 0 Å². The second-order valence-corrected chi connectivity index (χ2v) is 5.50. The second kappa shape index (κ2) is 5.72. The number of aromatic nitrogens is 1. The summed E-state index contributed by atoms with van der Waals surface area (Å²) in [4.78, 5) is 4.22. The maximum absolute atomic E-state index is 5.79. The van der Waals surface area contributed by atoms with E-state index in [4.69, 9.17) is 4.74 Å². The average molecular weight is 274 g/mol. The van der Waals surface area contributed by atoms with Gasteiger partial charge in [0.1, 0.15) is 12.4 Å². The van der Waals surface area contributed by atoms with Crippen molar-refractivity contribution >= 4 is 11.3 Å². The Morgan fingerprint density at radius 1 is 1.47 bits per heavy atom. The van der Waals surface area contributed by atoms with Gasteiger partial charge in [-0.25, -0.2) is 4.98 Å². The number of thiazole rings is 1. The molecule has 1 aromatic carbocycles. The normalized spacial score (nSPS) is 17.4. The molecule has 100 valence electrons. The zero-order valence-corrected chi connectivity index (χ0v) is 11.9. The lowest BCUT2D eigenvalue weighted by Crippen LogP contribution is -2.18. The van der Waals surface area contributed by atoms with Crippen molar-refractivity contribution in [3.05, 3.63) is 45.9 Å². The Bertz CT molecular complexity index is 539. The van der Waals surface area contributed by atoms with E-state index in [2.05, 4.69) is 35.4 Å². The van der Waals surface area contributed by atoms with Gasteiger partial charge in [0.15, 0.2) is 0 Å². The summed E-state index contributed by atoms with van der Waals surface area (Å²) in [6.45, 7) is 3.73. The number of nitrogens with zero attached hydrogens (tertiary/aromatic N) is 1. The van der Waals surface area contributed by atoms with Crippen LogP contribution in [0.5, 0.6) is 5.75 Å². The minimum atomic E-state index is 0.521. The van der Waals surface area contributed by atoms with Crippen LogP contribution in [0.4, 0.5) is 0 Å². The lowest BCUT2D eigenvalue weighted by atomic mass is 10.1. The van der Waals surface area contributed by atoms with Crippen LogP contribution in [0.2, 0.25) is 0 Å². The predicted molar refractivity (Wildman–Crippen MR) is 77.6 cm³/mol. The van der Waals surface area contributed by atoms with Gasteiger partial charge >= 0.3 is 0 Å². The van der Waals surface area contributed by atoms with Crippen LogP contribution < -0.4 is 10.1 Å². The van der Waals surface area contributed by atoms with Crippen LogP contribution in [-0.4, -0.2) is 11.5 Å². The van der Waals surface area contributed by atoms with E-state index in [1.165, 1.54) is 17.5 Å². The Kier molecular flexibility index (Phi) is 3.80. The largest absolute Gasteiger partial charge is 0.487 e. The first-order valence-corrected chi connectivity index (χ1v) is 7.67. The standard InChI is InChI=1S/C15H18N2OS/c1-2-16-15-6-3-11-7-13(4-5-14(11)15)18-8-12-9-19-10-17-12/h4-5,7,9-10,15-16H,2-3,6,8H2,1H3. The van der Waals surface area contributed by atoms with Crippen molar-refractivity contribution in [2.75, 3.05) is 6.54 Å². The van der Waals surface area contributed by atoms with Crippen molar-refractivity contribution < 1.29 is 4.74 Å². The van der Waals surface area contributed by atoms with Crippen molar-refractivity contribution in [1.29, 1.82) is 0 Å². The molecule has 0 spiro atoms. The van der Waals surface area contributed by atoms with Crippen molar-refractivity contribution in [3.8, 4) is 5.75 Å². The van der Waals surface area contributed by atoms with Gasteiger partial charge in [0.25, 0.3) is 0 Å². The molecule has 0 bridgehead atoms. The van der Waals surface area contributed by atoms with E-state index >= 15 is 0 Å². The molecule has 1 unspecified atom stereocenters. The van der Waals surface area contributed by atoms with E-state index in [9.17, 15) is 0 Å². The highest BCUT2D eigenvalue weighted by Crippen LogP contribution is 2.33. The summed E-state index contributed by atoms with van der Waals surface area (Å²) >= 11 is 1.60. The van der Waals surface area contributed by atoms with E-state index in [0.29, 0.717) is 12.6 Å². The molecule has 0 saturated heterocycles. The first-order chi connectivity index (χ1) is 9.36. The van der Waals surface area contributed by atoms with Crippen LogP contribution in [-0.2, 0) is 13.0 Å². The summed E-state index contributed by atoms with van der Waals surface area (Å²) in [7, 11) is 0. The topological polar surface area (TPSA) is 34.1 Å². The molecular weight excluding hydrogens is 256 g/mol. The lowest BCUT2D eigenvalue weighted by Gasteiger charge is -2.13. The Balaban J connectivity index is 1.68.